The third-order valence-electron chi connectivity index (χ3n) is 4.17. The van der Waals surface area contributed by atoms with Crippen molar-refractivity contribution in [2.75, 3.05) is 23.9 Å². The Morgan fingerprint density at radius 1 is 1.00 bits per heavy atom. The van der Waals surface area contributed by atoms with E-state index in [-0.39, 0.29) is 5.91 Å². The van der Waals surface area contributed by atoms with Gasteiger partial charge in [-0.1, -0.05) is 36.4 Å². The number of benzene rings is 2. The maximum Gasteiger partial charge on any atom is 0.278 e. The van der Waals surface area contributed by atoms with Gasteiger partial charge < -0.3 is 15.0 Å². The molecule has 0 fully saturated rings. The van der Waals surface area contributed by atoms with Crippen LogP contribution in [-0.4, -0.2) is 29.8 Å². The van der Waals surface area contributed by atoms with E-state index in [0.29, 0.717) is 24.6 Å². The average Bonchev–Trinajstić information content (AvgIpc) is 2.74. The lowest BCUT2D eigenvalue weighted by Gasteiger charge is -2.20. The van der Waals surface area contributed by atoms with Gasteiger partial charge in [-0.3, -0.25) is 4.79 Å². The van der Waals surface area contributed by atoms with E-state index >= 15 is 0 Å². The second-order valence-corrected chi connectivity index (χ2v) is 5.85. The van der Waals surface area contributed by atoms with Gasteiger partial charge in [-0.15, -0.1) is 10.2 Å². The van der Waals surface area contributed by atoms with Crippen LogP contribution in [0.4, 0.5) is 11.5 Å². The maximum atomic E-state index is 12.7. The van der Waals surface area contributed by atoms with Gasteiger partial charge >= 0.3 is 0 Å². The van der Waals surface area contributed by atoms with Gasteiger partial charge in [0.25, 0.3) is 5.91 Å². The van der Waals surface area contributed by atoms with E-state index in [1.165, 1.54) is 0 Å². The number of para-hydroxylation sites is 2. The molecular weight excluding hydrogens is 340 g/mol. The highest BCUT2D eigenvalue weighted by Gasteiger charge is 2.17. The van der Waals surface area contributed by atoms with Crippen molar-refractivity contribution < 1.29 is 9.53 Å². The molecule has 3 aromatic rings. The number of aromatic nitrogens is 2. The van der Waals surface area contributed by atoms with Crippen LogP contribution in [0.2, 0.25) is 0 Å². The smallest absolute Gasteiger partial charge is 0.278 e. The molecular formula is C21H22N4O2. The number of hydrogen-bond donors (Lipinski definition) is 1. The minimum absolute atomic E-state index is 0.174. The van der Waals surface area contributed by atoms with Crippen LogP contribution in [0.25, 0.3) is 0 Å². The molecule has 0 aliphatic carbocycles. The van der Waals surface area contributed by atoms with Crippen molar-refractivity contribution >= 4 is 17.4 Å². The summed E-state index contributed by atoms with van der Waals surface area (Å²) in [6.07, 6.45) is 0. The Bertz CT molecular complexity index is 882. The third-order valence-corrected chi connectivity index (χ3v) is 4.17. The van der Waals surface area contributed by atoms with E-state index in [2.05, 4.69) is 15.5 Å². The van der Waals surface area contributed by atoms with Crippen LogP contribution in [0.3, 0.4) is 0 Å². The molecule has 1 N–H and O–H groups in total. The molecule has 1 amide bonds. The number of nitrogens with zero attached hydrogens (tertiary/aromatic N) is 3. The third kappa shape index (κ3) is 4.41. The SMILES string of the molecule is CCN(C(=O)c1ccc(NCc2ccccc2OC)nn1)c1ccccc1. The van der Waals surface area contributed by atoms with E-state index in [0.717, 1.165) is 17.0 Å². The molecule has 3 rings (SSSR count). The summed E-state index contributed by atoms with van der Waals surface area (Å²) in [7, 11) is 1.64. The highest BCUT2D eigenvalue weighted by atomic mass is 16.5. The van der Waals surface area contributed by atoms with Gasteiger partial charge in [0.1, 0.15) is 11.6 Å². The van der Waals surface area contributed by atoms with Crippen LogP contribution in [-0.2, 0) is 6.54 Å². The first-order chi connectivity index (χ1) is 13.2. The van der Waals surface area contributed by atoms with Crippen LogP contribution in [0, 0.1) is 0 Å². The molecule has 0 unspecified atom stereocenters. The summed E-state index contributed by atoms with van der Waals surface area (Å²) in [6.45, 7) is 3.04. The summed E-state index contributed by atoms with van der Waals surface area (Å²) in [5.74, 6) is 1.24. The summed E-state index contributed by atoms with van der Waals surface area (Å²) in [5, 5.41) is 11.4. The number of nitrogens with one attached hydrogen (secondary N) is 1. The lowest BCUT2D eigenvalue weighted by molar-refractivity contribution is 0.0982. The molecule has 0 saturated carbocycles. The van der Waals surface area contributed by atoms with Crippen molar-refractivity contribution in [1.82, 2.24) is 10.2 Å². The number of ether oxygens (including phenoxy) is 1. The predicted molar refractivity (Wildman–Crippen MR) is 106 cm³/mol. The second-order valence-electron chi connectivity index (χ2n) is 5.85. The van der Waals surface area contributed by atoms with Crippen molar-refractivity contribution in [1.29, 1.82) is 0 Å². The molecule has 0 bridgehead atoms. The highest BCUT2D eigenvalue weighted by Crippen LogP contribution is 2.19. The van der Waals surface area contributed by atoms with Crippen molar-refractivity contribution in [3.63, 3.8) is 0 Å². The van der Waals surface area contributed by atoms with E-state index in [4.69, 9.17) is 4.74 Å². The maximum absolute atomic E-state index is 12.7. The molecule has 6 heteroatoms. The number of methoxy groups -OCH3 is 1. The number of anilines is 2. The molecule has 0 radical (unpaired) electrons. The summed E-state index contributed by atoms with van der Waals surface area (Å²) >= 11 is 0. The zero-order chi connectivity index (χ0) is 19.1. The number of amides is 1. The van der Waals surface area contributed by atoms with Crippen molar-refractivity contribution in [2.24, 2.45) is 0 Å². The van der Waals surface area contributed by atoms with Crippen LogP contribution in [0.15, 0.2) is 66.7 Å². The van der Waals surface area contributed by atoms with Crippen molar-refractivity contribution in [3.8, 4) is 5.75 Å². The summed E-state index contributed by atoms with van der Waals surface area (Å²) < 4.78 is 5.34. The highest BCUT2D eigenvalue weighted by molar-refractivity contribution is 6.04. The predicted octanol–water partition coefficient (Wildman–Crippen LogP) is 3.76. The molecule has 27 heavy (non-hydrogen) atoms. The van der Waals surface area contributed by atoms with Crippen molar-refractivity contribution in [3.05, 3.63) is 78.0 Å². The number of carbonyl (C=O) groups is 1. The fraction of sp³-hybridized carbons (Fsp3) is 0.190. The lowest BCUT2D eigenvalue weighted by Crippen LogP contribution is -2.31. The molecule has 0 aliphatic heterocycles. The van der Waals surface area contributed by atoms with Crippen LogP contribution >= 0.6 is 0 Å². The second kappa shape index (κ2) is 8.80. The molecule has 138 valence electrons. The number of rotatable bonds is 7. The fourth-order valence-electron chi connectivity index (χ4n) is 2.77. The summed E-state index contributed by atoms with van der Waals surface area (Å²) in [6, 6.07) is 20.7. The van der Waals surface area contributed by atoms with E-state index in [9.17, 15) is 4.79 Å². The normalized spacial score (nSPS) is 10.3. The quantitative estimate of drug-likeness (QED) is 0.693. The Kier molecular flexibility index (Phi) is 5.99. The van der Waals surface area contributed by atoms with Gasteiger partial charge in [-0.25, -0.2) is 0 Å². The van der Waals surface area contributed by atoms with Crippen LogP contribution in [0.5, 0.6) is 5.75 Å². The number of hydrogen-bond acceptors (Lipinski definition) is 5. The Labute approximate surface area is 158 Å². The molecule has 1 aromatic heterocycles. The lowest BCUT2D eigenvalue weighted by atomic mass is 10.2. The monoisotopic (exact) mass is 362 g/mol. The molecule has 0 spiro atoms. The van der Waals surface area contributed by atoms with Gasteiger partial charge in [0.2, 0.25) is 0 Å². The first kappa shape index (κ1) is 18.4. The Hall–Kier alpha value is -3.41. The molecule has 2 aromatic carbocycles. The first-order valence-corrected chi connectivity index (χ1v) is 8.79. The minimum Gasteiger partial charge on any atom is -0.496 e. The first-order valence-electron chi connectivity index (χ1n) is 8.79. The topological polar surface area (TPSA) is 67.4 Å². The van der Waals surface area contributed by atoms with Crippen LogP contribution in [0.1, 0.15) is 23.0 Å². The fourth-order valence-corrected chi connectivity index (χ4v) is 2.77. The molecule has 0 atom stereocenters. The minimum atomic E-state index is -0.174. The summed E-state index contributed by atoms with van der Waals surface area (Å²) in [4.78, 5) is 14.4. The van der Waals surface area contributed by atoms with Gasteiger partial charge in [-0.2, -0.15) is 0 Å². The molecule has 0 aliphatic rings. The van der Waals surface area contributed by atoms with E-state index < -0.39 is 0 Å². The standard InChI is InChI=1S/C21H22N4O2/c1-3-25(17-10-5-4-6-11-17)21(26)18-13-14-20(24-23-18)22-15-16-9-7-8-12-19(16)27-2/h4-14H,3,15H2,1-2H3,(H,22,24). The van der Waals surface area contributed by atoms with Gasteiger partial charge in [0.15, 0.2) is 5.69 Å². The molecule has 1 heterocycles. The molecule has 6 nitrogen and oxygen atoms in total. The van der Waals surface area contributed by atoms with E-state index in [1.807, 2.05) is 61.5 Å². The van der Waals surface area contributed by atoms with Crippen molar-refractivity contribution in [2.45, 2.75) is 13.5 Å². The van der Waals surface area contributed by atoms with Crippen LogP contribution < -0.4 is 15.0 Å². The Balaban J connectivity index is 1.68. The zero-order valence-corrected chi connectivity index (χ0v) is 15.4. The largest absolute Gasteiger partial charge is 0.496 e. The Morgan fingerprint density at radius 3 is 2.41 bits per heavy atom. The summed E-state index contributed by atoms with van der Waals surface area (Å²) in [5.41, 5.74) is 2.16. The van der Waals surface area contributed by atoms with Gasteiger partial charge in [-0.05, 0) is 37.3 Å². The Morgan fingerprint density at radius 2 is 1.74 bits per heavy atom. The molecule has 0 saturated heterocycles. The van der Waals surface area contributed by atoms with Gasteiger partial charge in [0.05, 0.1) is 7.11 Å². The zero-order valence-electron chi connectivity index (χ0n) is 15.4. The number of carbonyl (C=O) groups excluding carboxylic acids is 1. The van der Waals surface area contributed by atoms with E-state index in [1.54, 1.807) is 24.1 Å². The van der Waals surface area contributed by atoms with Gasteiger partial charge in [0, 0.05) is 24.3 Å². The average molecular weight is 362 g/mol.